The average molecular weight is 383 g/mol. The highest BCUT2D eigenvalue weighted by Gasteiger charge is 2.55. The van der Waals surface area contributed by atoms with Crippen LogP contribution in [0.3, 0.4) is 0 Å². The topological polar surface area (TPSA) is 77.9 Å². The first-order valence-corrected chi connectivity index (χ1v) is 8.83. The fourth-order valence-electron chi connectivity index (χ4n) is 4.07. The highest BCUT2D eigenvalue weighted by atomic mass is 35.5. The first-order chi connectivity index (χ1) is 12.2. The van der Waals surface area contributed by atoms with Crippen LogP contribution in [0.5, 0.6) is 0 Å². The van der Waals surface area contributed by atoms with Crippen LogP contribution in [0.1, 0.15) is 24.8 Å². The van der Waals surface area contributed by atoms with Crippen LogP contribution >= 0.6 is 11.6 Å². The number of nitrogens with zero attached hydrogens (tertiary/aromatic N) is 2. The molecule has 3 rings (SSSR count). The second-order valence-corrected chi connectivity index (χ2v) is 7.35. The van der Waals surface area contributed by atoms with Crippen molar-refractivity contribution in [1.82, 2.24) is 9.80 Å². The van der Waals surface area contributed by atoms with Gasteiger partial charge in [0.1, 0.15) is 5.82 Å². The van der Waals surface area contributed by atoms with Crippen LogP contribution in [-0.2, 0) is 20.8 Å². The predicted octanol–water partition coefficient (Wildman–Crippen LogP) is 1.95. The van der Waals surface area contributed by atoms with Gasteiger partial charge in [0.2, 0.25) is 11.8 Å². The Morgan fingerprint density at radius 2 is 2.00 bits per heavy atom. The van der Waals surface area contributed by atoms with Crippen LogP contribution in [0.4, 0.5) is 4.39 Å². The van der Waals surface area contributed by atoms with Crippen LogP contribution in [0, 0.1) is 11.7 Å². The summed E-state index contributed by atoms with van der Waals surface area (Å²) in [6.07, 6.45) is 0.915. The highest BCUT2D eigenvalue weighted by Crippen LogP contribution is 2.42. The third-order valence-electron chi connectivity index (χ3n) is 5.71. The van der Waals surface area contributed by atoms with Crippen LogP contribution < -0.4 is 0 Å². The van der Waals surface area contributed by atoms with Gasteiger partial charge in [0.25, 0.3) is 0 Å². The van der Waals surface area contributed by atoms with Crippen molar-refractivity contribution in [3.05, 3.63) is 34.6 Å². The number of carbonyl (C=O) groups is 3. The van der Waals surface area contributed by atoms with Crippen molar-refractivity contribution >= 4 is 29.4 Å². The summed E-state index contributed by atoms with van der Waals surface area (Å²) in [4.78, 5) is 39.3. The summed E-state index contributed by atoms with van der Waals surface area (Å²) in [5, 5.41) is 9.69. The number of aliphatic carboxylic acids is 1. The summed E-state index contributed by atoms with van der Waals surface area (Å²) in [6, 6.07) is 3.92. The zero-order valence-corrected chi connectivity index (χ0v) is 15.1. The van der Waals surface area contributed by atoms with E-state index in [1.807, 2.05) is 0 Å². The third-order valence-corrected chi connectivity index (χ3v) is 6.06. The van der Waals surface area contributed by atoms with E-state index in [4.69, 9.17) is 11.6 Å². The maximum absolute atomic E-state index is 13.1. The Kier molecular flexibility index (Phi) is 4.92. The van der Waals surface area contributed by atoms with Gasteiger partial charge in [-0.2, -0.15) is 0 Å². The minimum absolute atomic E-state index is 0.00493. The molecule has 1 atom stereocenters. The van der Waals surface area contributed by atoms with E-state index < -0.39 is 23.2 Å². The van der Waals surface area contributed by atoms with Gasteiger partial charge in [-0.05, 0) is 30.5 Å². The molecule has 26 heavy (non-hydrogen) atoms. The minimum atomic E-state index is -0.972. The van der Waals surface area contributed by atoms with E-state index >= 15 is 0 Å². The number of rotatable bonds is 3. The van der Waals surface area contributed by atoms with Gasteiger partial charge >= 0.3 is 5.97 Å². The summed E-state index contributed by atoms with van der Waals surface area (Å²) >= 11 is 5.98. The lowest BCUT2D eigenvalue weighted by atomic mass is 9.77. The molecule has 1 spiro atoms. The van der Waals surface area contributed by atoms with Gasteiger partial charge in [0, 0.05) is 31.6 Å². The molecule has 140 valence electrons. The Morgan fingerprint density at radius 1 is 1.35 bits per heavy atom. The molecule has 2 saturated heterocycles. The van der Waals surface area contributed by atoms with E-state index in [-0.39, 0.29) is 29.7 Å². The number of carbonyl (C=O) groups excluding carboxylic acids is 2. The van der Waals surface area contributed by atoms with Crippen molar-refractivity contribution < 1.29 is 23.9 Å². The van der Waals surface area contributed by atoms with E-state index in [2.05, 4.69) is 0 Å². The molecule has 0 saturated carbocycles. The second-order valence-electron chi connectivity index (χ2n) is 6.94. The number of benzene rings is 1. The molecule has 2 fully saturated rings. The van der Waals surface area contributed by atoms with Crippen LogP contribution in [-0.4, -0.2) is 58.4 Å². The Morgan fingerprint density at radius 3 is 2.58 bits per heavy atom. The zero-order valence-electron chi connectivity index (χ0n) is 14.4. The zero-order chi connectivity index (χ0) is 19.1. The molecule has 0 aromatic heterocycles. The summed E-state index contributed by atoms with van der Waals surface area (Å²) in [7, 11) is 1.64. The number of hydrogen-bond acceptors (Lipinski definition) is 3. The molecule has 2 amide bonds. The van der Waals surface area contributed by atoms with E-state index in [0.29, 0.717) is 31.5 Å². The monoisotopic (exact) mass is 382 g/mol. The van der Waals surface area contributed by atoms with Gasteiger partial charge in [-0.1, -0.05) is 17.7 Å². The highest BCUT2D eigenvalue weighted by molar-refractivity contribution is 6.31. The van der Waals surface area contributed by atoms with Crippen molar-refractivity contribution in [2.45, 2.75) is 31.2 Å². The third kappa shape index (κ3) is 3.16. The molecule has 6 nitrogen and oxygen atoms in total. The van der Waals surface area contributed by atoms with Crippen molar-refractivity contribution in [3.63, 3.8) is 0 Å². The first kappa shape index (κ1) is 18.6. The van der Waals surface area contributed by atoms with E-state index in [9.17, 15) is 23.9 Å². The Labute approximate surface area is 155 Å². The lowest BCUT2D eigenvalue weighted by molar-refractivity contribution is -0.146. The van der Waals surface area contributed by atoms with Gasteiger partial charge in [-0.25, -0.2) is 4.39 Å². The fourth-order valence-corrected chi connectivity index (χ4v) is 4.30. The van der Waals surface area contributed by atoms with Crippen molar-refractivity contribution in [2.24, 2.45) is 5.92 Å². The van der Waals surface area contributed by atoms with Crippen molar-refractivity contribution in [2.75, 3.05) is 20.1 Å². The first-order valence-electron chi connectivity index (χ1n) is 8.46. The normalized spacial score (nSPS) is 22.1. The number of carboxylic acid groups (broad SMARTS) is 1. The quantitative estimate of drug-likeness (QED) is 0.866. The molecule has 2 aliphatic rings. The van der Waals surface area contributed by atoms with E-state index in [0.717, 1.165) is 0 Å². The SMILES string of the molecule is CN1C(=O)CC(C(=O)O)C12CCN(C(=O)Cc1ccc(F)cc1Cl)CC2. The van der Waals surface area contributed by atoms with E-state index in [1.54, 1.807) is 16.8 Å². The van der Waals surface area contributed by atoms with Gasteiger partial charge in [-0.15, -0.1) is 0 Å². The van der Waals surface area contributed by atoms with Crippen molar-refractivity contribution in [3.8, 4) is 0 Å². The molecule has 0 radical (unpaired) electrons. The number of hydrogen-bond donors (Lipinski definition) is 1. The lowest BCUT2D eigenvalue weighted by Crippen LogP contribution is -2.57. The number of carboxylic acids is 1. The maximum Gasteiger partial charge on any atom is 0.309 e. The van der Waals surface area contributed by atoms with Crippen molar-refractivity contribution in [1.29, 1.82) is 0 Å². The molecule has 2 heterocycles. The summed E-state index contributed by atoms with van der Waals surface area (Å²) in [5.74, 6) is -2.49. The maximum atomic E-state index is 13.1. The van der Waals surface area contributed by atoms with Gasteiger partial charge in [-0.3, -0.25) is 14.4 Å². The molecule has 1 N–H and O–H groups in total. The smallest absolute Gasteiger partial charge is 0.309 e. The number of halogens is 2. The number of amides is 2. The molecule has 1 aromatic carbocycles. The molecule has 0 bridgehead atoms. The van der Waals surface area contributed by atoms with Gasteiger partial charge in [0.05, 0.1) is 17.9 Å². The van der Waals surface area contributed by atoms with Crippen LogP contribution in [0.2, 0.25) is 5.02 Å². The Balaban J connectivity index is 1.68. The largest absolute Gasteiger partial charge is 0.481 e. The number of likely N-dealkylation sites (tertiary alicyclic amines) is 2. The van der Waals surface area contributed by atoms with Crippen LogP contribution in [0.15, 0.2) is 18.2 Å². The Hall–Kier alpha value is -2.15. The number of piperidine rings is 1. The van der Waals surface area contributed by atoms with Gasteiger partial charge in [0.15, 0.2) is 0 Å². The lowest BCUT2D eigenvalue weighted by Gasteiger charge is -2.45. The minimum Gasteiger partial charge on any atom is -0.481 e. The summed E-state index contributed by atoms with van der Waals surface area (Å²) in [6.45, 7) is 0.748. The fraction of sp³-hybridized carbons (Fsp3) is 0.500. The summed E-state index contributed by atoms with van der Waals surface area (Å²) in [5.41, 5.74) is -0.178. The average Bonchev–Trinajstić information content (AvgIpc) is 2.83. The molecule has 0 aliphatic carbocycles. The molecule has 8 heteroatoms. The van der Waals surface area contributed by atoms with E-state index in [1.165, 1.54) is 18.2 Å². The molecule has 1 unspecified atom stereocenters. The Bertz CT molecular complexity index is 762. The summed E-state index contributed by atoms with van der Waals surface area (Å²) < 4.78 is 13.1. The second kappa shape index (κ2) is 6.87. The molecule has 2 aliphatic heterocycles. The predicted molar refractivity (Wildman–Crippen MR) is 92.2 cm³/mol. The van der Waals surface area contributed by atoms with Gasteiger partial charge < -0.3 is 14.9 Å². The molecule has 1 aromatic rings. The molecular formula is C18H20ClFN2O4. The standard InChI is InChI=1S/C18H20ClFN2O4/c1-21-15(23)10-13(17(25)26)18(21)4-6-22(7-5-18)16(24)8-11-2-3-12(20)9-14(11)19/h2-3,9,13H,4-8,10H2,1H3,(H,25,26). The van der Waals surface area contributed by atoms with Crippen LogP contribution in [0.25, 0.3) is 0 Å². The molecular weight excluding hydrogens is 363 g/mol.